The van der Waals surface area contributed by atoms with Gasteiger partial charge in [0.05, 0.1) is 17.3 Å². The van der Waals surface area contributed by atoms with Crippen LogP contribution in [0.4, 0.5) is 0 Å². The van der Waals surface area contributed by atoms with Crippen LogP contribution in [-0.2, 0) is 11.3 Å². The predicted molar refractivity (Wildman–Crippen MR) is 77.8 cm³/mol. The van der Waals surface area contributed by atoms with Crippen molar-refractivity contribution in [1.82, 2.24) is 15.0 Å². The summed E-state index contributed by atoms with van der Waals surface area (Å²) in [5.41, 5.74) is 0. The first-order valence-electron chi connectivity index (χ1n) is 6.97. The molecule has 112 valence electrons. The van der Waals surface area contributed by atoms with Crippen LogP contribution in [0.5, 0.6) is 0 Å². The number of likely N-dealkylation sites (tertiary alicyclic amines) is 1. The lowest BCUT2D eigenvalue weighted by atomic mass is 9.92. The number of carboxylic acids is 1. The number of carbonyl (C=O) groups is 1. The van der Waals surface area contributed by atoms with Crippen LogP contribution in [0, 0.1) is 5.92 Å². The maximum Gasteiger partial charge on any atom is 0.306 e. The van der Waals surface area contributed by atoms with Gasteiger partial charge < -0.3 is 9.63 Å². The van der Waals surface area contributed by atoms with Gasteiger partial charge in [-0.05, 0) is 37.8 Å². The number of carboxylic acid groups (broad SMARTS) is 1. The number of aromatic nitrogens is 2. The highest BCUT2D eigenvalue weighted by Crippen LogP contribution is 2.26. The van der Waals surface area contributed by atoms with Gasteiger partial charge in [-0.1, -0.05) is 11.2 Å². The van der Waals surface area contributed by atoms with Crippen LogP contribution in [0.2, 0.25) is 0 Å². The highest BCUT2D eigenvalue weighted by Gasteiger charge is 2.30. The van der Waals surface area contributed by atoms with Crippen molar-refractivity contribution in [2.75, 3.05) is 6.54 Å². The van der Waals surface area contributed by atoms with E-state index in [0.29, 0.717) is 31.1 Å². The van der Waals surface area contributed by atoms with Gasteiger partial charge in [0, 0.05) is 6.04 Å². The van der Waals surface area contributed by atoms with E-state index in [0.717, 1.165) is 11.4 Å². The van der Waals surface area contributed by atoms with E-state index in [1.165, 1.54) is 0 Å². The molecule has 0 aliphatic carbocycles. The summed E-state index contributed by atoms with van der Waals surface area (Å²) >= 11 is 1.56. The maximum absolute atomic E-state index is 11.0. The molecule has 1 aliphatic rings. The van der Waals surface area contributed by atoms with E-state index in [1.807, 2.05) is 17.5 Å². The van der Waals surface area contributed by atoms with E-state index < -0.39 is 5.97 Å². The minimum absolute atomic E-state index is 0.212. The molecule has 6 nitrogen and oxygen atoms in total. The summed E-state index contributed by atoms with van der Waals surface area (Å²) < 4.78 is 5.27. The molecule has 7 heteroatoms. The van der Waals surface area contributed by atoms with E-state index in [9.17, 15) is 4.79 Å². The highest BCUT2D eigenvalue weighted by atomic mass is 32.1. The lowest BCUT2D eigenvalue weighted by molar-refractivity contribution is -0.144. The summed E-state index contributed by atoms with van der Waals surface area (Å²) in [7, 11) is 0. The Labute approximate surface area is 126 Å². The third kappa shape index (κ3) is 3.14. The van der Waals surface area contributed by atoms with Crippen LogP contribution in [0.15, 0.2) is 22.0 Å². The van der Waals surface area contributed by atoms with Crippen LogP contribution in [0.1, 0.15) is 25.6 Å². The van der Waals surface area contributed by atoms with Crippen molar-refractivity contribution in [3.63, 3.8) is 0 Å². The van der Waals surface area contributed by atoms with Crippen molar-refractivity contribution in [2.24, 2.45) is 5.92 Å². The molecule has 1 fully saturated rings. The van der Waals surface area contributed by atoms with Crippen molar-refractivity contribution < 1.29 is 14.4 Å². The normalized spacial score (nSPS) is 23.3. The molecule has 1 N–H and O–H groups in total. The SMILES string of the molecule is CC1CC(C(=O)O)CCN1Cc1noc(-c2cccs2)n1. The average Bonchev–Trinajstić information content (AvgIpc) is 3.11. The third-order valence-electron chi connectivity index (χ3n) is 3.91. The zero-order valence-electron chi connectivity index (χ0n) is 11.7. The Bertz CT molecular complexity index is 611. The monoisotopic (exact) mass is 307 g/mol. The first-order valence-corrected chi connectivity index (χ1v) is 7.85. The highest BCUT2D eigenvalue weighted by molar-refractivity contribution is 7.13. The van der Waals surface area contributed by atoms with Crippen LogP contribution < -0.4 is 0 Å². The third-order valence-corrected chi connectivity index (χ3v) is 4.77. The van der Waals surface area contributed by atoms with Gasteiger partial charge in [-0.3, -0.25) is 9.69 Å². The van der Waals surface area contributed by atoms with Crippen molar-refractivity contribution >= 4 is 17.3 Å². The van der Waals surface area contributed by atoms with E-state index in [4.69, 9.17) is 9.63 Å². The summed E-state index contributed by atoms with van der Waals surface area (Å²) in [4.78, 5) is 18.6. The van der Waals surface area contributed by atoms with Gasteiger partial charge in [0.15, 0.2) is 5.82 Å². The summed E-state index contributed by atoms with van der Waals surface area (Å²) in [5.74, 6) is 0.274. The topological polar surface area (TPSA) is 79.5 Å². The number of hydrogen-bond acceptors (Lipinski definition) is 6. The Hall–Kier alpha value is -1.73. The molecule has 1 aliphatic heterocycles. The van der Waals surface area contributed by atoms with Gasteiger partial charge in [0.1, 0.15) is 0 Å². The molecule has 0 saturated carbocycles. The summed E-state index contributed by atoms with van der Waals surface area (Å²) in [6, 6.07) is 4.11. The second kappa shape index (κ2) is 5.95. The van der Waals surface area contributed by atoms with Crippen LogP contribution in [0.25, 0.3) is 10.8 Å². The molecule has 1 saturated heterocycles. The first kappa shape index (κ1) is 14.2. The molecule has 21 heavy (non-hydrogen) atoms. The Balaban J connectivity index is 1.63. The fraction of sp³-hybridized carbons (Fsp3) is 0.500. The molecular weight excluding hydrogens is 290 g/mol. The van der Waals surface area contributed by atoms with E-state index >= 15 is 0 Å². The lowest BCUT2D eigenvalue weighted by Gasteiger charge is -2.35. The molecule has 3 heterocycles. The molecule has 2 aromatic rings. The quantitative estimate of drug-likeness (QED) is 0.935. The minimum atomic E-state index is -0.693. The Kier molecular flexibility index (Phi) is 4.03. The Morgan fingerprint density at radius 3 is 3.14 bits per heavy atom. The lowest BCUT2D eigenvalue weighted by Crippen LogP contribution is -2.42. The molecule has 3 rings (SSSR count). The summed E-state index contributed by atoms with van der Waals surface area (Å²) in [6.07, 6.45) is 1.35. The maximum atomic E-state index is 11.0. The number of aliphatic carboxylic acids is 1. The van der Waals surface area contributed by atoms with Gasteiger partial charge in [-0.2, -0.15) is 4.98 Å². The van der Waals surface area contributed by atoms with Crippen LogP contribution >= 0.6 is 11.3 Å². The zero-order valence-corrected chi connectivity index (χ0v) is 12.5. The molecule has 2 atom stereocenters. The largest absolute Gasteiger partial charge is 0.481 e. The number of thiophene rings is 1. The van der Waals surface area contributed by atoms with Crippen molar-refractivity contribution in [3.05, 3.63) is 23.3 Å². The molecule has 0 amide bonds. The smallest absolute Gasteiger partial charge is 0.306 e. The predicted octanol–water partition coefficient (Wildman–Crippen LogP) is 2.48. The number of piperidine rings is 1. The van der Waals surface area contributed by atoms with Gasteiger partial charge in [0.2, 0.25) is 0 Å². The second-order valence-corrected chi connectivity index (χ2v) is 6.32. The number of hydrogen-bond donors (Lipinski definition) is 1. The van der Waals surface area contributed by atoms with Gasteiger partial charge in [-0.15, -0.1) is 11.3 Å². The van der Waals surface area contributed by atoms with Gasteiger partial charge in [-0.25, -0.2) is 0 Å². The van der Waals surface area contributed by atoms with Crippen molar-refractivity contribution in [2.45, 2.75) is 32.4 Å². The molecule has 0 radical (unpaired) electrons. The molecule has 2 unspecified atom stereocenters. The summed E-state index contributed by atoms with van der Waals surface area (Å²) in [5, 5.41) is 15.1. The zero-order chi connectivity index (χ0) is 14.8. The fourth-order valence-electron chi connectivity index (χ4n) is 2.68. The fourth-order valence-corrected chi connectivity index (χ4v) is 3.32. The number of nitrogens with zero attached hydrogens (tertiary/aromatic N) is 3. The van der Waals surface area contributed by atoms with E-state index in [-0.39, 0.29) is 12.0 Å². The van der Waals surface area contributed by atoms with E-state index in [2.05, 4.69) is 22.0 Å². The van der Waals surface area contributed by atoms with Crippen LogP contribution in [0.3, 0.4) is 0 Å². The molecule has 0 bridgehead atoms. The molecule has 0 aromatic carbocycles. The first-order chi connectivity index (χ1) is 10.1. The van der Waals surface area contributed by atoms with E-state index in [1.54, 1.807) is 11.3 Å². The minimum Gasteiger partial charge on any atom is -0.481 e. The Morgan fingerprint density at radius 1 is 1.62 bits per heavy atom. The van der Waals surface area contributed by atoms with Gasteiger partial charge >= 0.3 is 5.97 Å². The Morgan fingerprint density at radius 2 is 2.48 bits per heavy atom. The second-order valence-electron chi connectivity index (χ2n) is 5.37. The average molecular weight is 307 g/mol. The van der Waals surface area contributed by atoms with Crippen LogP contribution in [-0.4, -0.2) is 38.7 Å². The standard InChI is InChI=1S/C14H17N3O3S/c1-9-7-10(14(18)19)4-5-17(9)8-12-15-13(20-16-12)11-3-2-6-21-11/h2-3,6,9-10H,4-5,7-8H2,1H3,(H,18,19). The molecule has 0 spiro atoms. The molecular formula is C14H17N3O3S. The summed E-state index contributed by atoms with van der Waals surface area (Å²) in [6.45, 7) is 3.40. The number of rotatable bonds is 4. The van der Waals surface area contributed by atoms with Gasteiger partial charge in [0.25, 0.3) is 5.89 Å². The van der Waals surface area contributed by atoms with Crippen molar-refractivity contribution in [3.8, 4) is 10.8 Å². The van der Waals surface area contributed by atoms with Crippen molar-refractivity contribution in [1.29, 1.82) is 0 Å². The molecule has 2 aromatic heterocycles.